The summed E-state index contributed by atoms with van der Waals surface area (Å²) in [5.41, 5.74) is 4.00. The van der Waals surface area contributed by atoms with Crippen LogP contribution in [0.3, 0.4) is 0 Å². The Balaban J connectivity index is 1.41. The SMILES string of the molecule is CC(NC(=O)c1nn(C)c2c1COc1ccccc1-2)c1ccc2c(c1)OCCO2. The fourth-order valence-electron chi connectivity index (χ4n) is 3.84. The van der Waals surface area contributed by atoms with Crippen LogP contribution in [0.5, 0.6) is 17.2 Å². The van der Waals surface area contributed by atoms with E-state index in [0.717, 1.165) is 33.9 Å². The molecule has 1 atom stereocenters. The maximum Gasteiger partial charge on any atom is 0.272 e. The van der Waals surface area contributed by atoms with Crippen molar-refractivity contribution in [3.63, 3.8) is 0 Å². The Bertz CT molecular complexity index is 1110. The van der Waals surface area contributed by atoms with Crippen LogP contribution in [0.1, 0.15) is 34.6 Å². The number of amides is 1. The largest absolute Gasteiger partial charge is 0.488 e. The first-order chi connectivity index (χ1) is 14.1. The Morgan fingerprint density at radius 1 is 1.07 bits per heavy atom. The summed E-state index contributed by atoms with van der Waals surface area (Å²) in [6.07, 6.45) is 0. The van der Waals surface area contributed by atoms with Crippen LogP contribution in [-0.2, 0) is 13.7 Å². The molecule has 0 saturated carbocycles. The van der Waals surface area contributed by atoms with Gasteiger partial charge in [-0.3, -0.25) is 9.48 Å². The fraction of sp³-hybridized carbons (Fsp3) is 0.273. The molecule has 1 amide bonds. The number of para-hydroxylation sites is 1. The van der Waals surface area contributed by atoms with Crippen molar-refractivity contribution < 1.29 is 19.0 Å². The molecule has 148 valence electrons. The number of rotatable bonds is 3. The second kappa shape index (κ2) is 6.84. The van der Waals surface area contributed by atoms with Gasteiger partial charge in [0.25, 0.3) is 5.91 Å². The van der Waals surface area contributed by atoms with E-state index in [1.54, 1.807) is 4.68 Å². The van der Waals surface area contributed by atoms with Gasteiger partial charge in [0.2, 0.25) is 0 Å². The number of aryl methyl sites for hydroxylation is 1. The number of carbonyl (C=O) groups excluding carboxylic acids is 1. The van der Waals surface area contributed by atoms with Gasteiger partial charge in [0.05, 0.1) is 11.7 Å². The lowest BCUT2D eigenvalue weighted by Crippen LogP contribution is -2.28. The average molecular weight is 391 g/mol. The quantitative estimate of drug-likeness (QED) is 0.742. The van der Waals surface area contributed by atoms with Crippen LogP contribution in [0.2, 0.25) is 0 Å². The second-order valence-corrected chi connectivity index (χ2v) is 7.18. The molecule has 3 heterocycles. The standard InChI is InChI=1S/C22H21N3O4/c1-13(14-7-8-18-19(11-14)28-10-9-27-18)23-22(26)20-16-12-29-17-6-4-3-5-15(17)21(16)25(2)24-20/h3-8,11,13H,9-10,12H2,1-2H3,(H,23,26). The second-order valence-electron chi connectivity index (χ2n) is 7.18. The van der Waals surface area contributed by atoms with E-state index in [1.165, 1.54) is 0 Å². The van der Waals surface area contributed by atoms with E-state index in [0.29, 0.717) is 31.3 Å². The molecule has 1 unspecified atom stereocenters. The number of aromatic nitrogens is 2. The van der Waals surface area contributed by atoms with Crippen LogP contribution in [0.25, 0.3) is 11.3 Å². The zero-order valence-corrected chi connectivity index (χ0v) is 16.3. The molecule has 1 N–H and O–H groups in total. The molecule has 0 fully saturated rings. The summed E-state index contributed by atoms with van der Waals surface area (Å²) in [6.45, 7) is 3.33. The summed E-state index contributed by atoms with van der Waals surface area (Å²) in [7, 11) is 1.85. The van der Waals surface area contributed by atoms with E-state index in [1.807, 2.05) is 56.4 Å². The lowest BCUT2D eigenvalue weighted by Gasteiger charge is -2.21. The van der Waals surface area contributed by atoms with Gasteiger partial charge >= 0.3 is 0 Å². The summed E-state index contributed by atoms with van der Waals surface area (Å²) in [5.74, 6) is 2.01. The summed E-state index contributed by atoms with van der Waals surface area (Å²) in [5, 5.41) is 7.53. The molecule has 2 aromatic carbocycles. The third-order valence-corrected chi connectivity index (χ3v) is 5.29. The highest BCUT2D eigenvalue weighted by molar-refractivity contribution is 5.96. The first-order valence-corrected chi connectivity index (χ1v) is 9.60. The van der Waals surface area contributed by atoms with Crippen LogP contribution in [0, 0.1) is 0 Å². The van der Waals surface area contributed by atoms with Gasteiger partial charge in [0.15, 0.2) is 17.2 Å². The van der Waals surface area contributed by atoms with Crippen LogP contribution in [0.15, 0.2) is 42.5 Å². The van der Waals surface area contributed by atoms with E-state index >= 15 is 0 Å². The monoisotopic (exact) mass is 391 g/mol. The van der Waals surface area contributed by atoms with Crippen molar-refractivity contribution in [3.8, 4) is 28.5 Å². The summed E-state index contributed by atoms with van der Waals surface area (Å²) in [6, 6.07) is 13.3. The molecular weight excluding hydrogens is 370 g/mol. The van der Waals surface area contributed by atoms with Gasteiger partial charge in [-0.05, 0) is 36.8 Å². The Morgan fingerprint density at radius 2 is 1.86 bits per heavy atom. The Labute approximate surface area is 168 Å². The van der Waals surface area contributed by atoms with Gasteiger partial charge in [-0.25, -0.2) is 0 Å². The normalized spacial score (nSPS) is 15.0. The fourth-order valence-corrected chi connectivity index (χ4v) is 3.84. The first kappa shape index (κ1) is 17.6. The molecule has 0 spiro atoms. The molecule has 29 heavy (non-hydrogen) atoms. The van der Waals surface area contributed by atoms with Crippen molar-refractivity contribution in [1.29, 1.82) is 0 Å². The predicted octanol–water partition coefficient (Wildman–Crippen LogP) is 3.24. The van der Waals surface area contributed by atoms with E-state index in [-0.39, 0.29) is 11.9 Å². The van der Waals surface area contributed by atoms with Crippen LogP contribution < -0.4 is 19.5 Å². The highest BCUT2D eigenvalue weighted by Gasteiger charge is 2.29. The maximum absolute atomic E-state index is 13.0. The third kappa shape index (κ3) is 2.99. The molecule has 0 saturated heterocycles. The average Bonchev–Trinajstić information content (AvgIpc) is 3.10. The number of hydrogen-bond acceptors (Lipinski definition) is 5. The molecule has 0 bridgehead atoms. The van der Waals surface area contributed by atoms with Crippen molar-refractivity contribution in [2.24, 2.45) is 7.05 Å². The molecule has 1 aromatic heterocycles. The van der Waals surface area contributed by atoms with Crippen molar-refractivity contribution in [2.45, 2.75) is 19.6 Å². The minimum Gasteiger partial charge on any atom is -0.488 e. The van der Waals surface area contributed by atoms with E-state index in [4.69, 9.17) is 14.2 Å². The number of fused-ring (bicyclic) bond motifs is 4. The highest BCUT2D eigenvalue weighted by atomic mass is 16.6. The van der Waals surface area contributed by atoms with Crippen LogP contribution >= 0.6 is 0 Å². The van der Waals surface area contributed by atoms with Crippen LogP contribution in [0.4, 0.5) is 0 Å². The number of hydrogen-bond donors (Lipinski definition) is 1. The third-order valence-electron chi connectivity index (χ3n) is 5.29. The van der Waals surface area contributed by atoms with Crippen molar-refractivity contribution >= 4 is 5.91 Å². The smallest absolute Gasteiger partial charge is 0.272 e. The zero-order chi connectivity index (χ0) is 20.0. The lowest BCUT2D eigenvalue weighted by atomic mass is 10.0. The summed E-state index contributed by atoms with van der Waals surface area (Å²) >= 11 is 0. The Morgan fingerprint density at radius 3 is 2.72 bits per heavy atom. The van der Waals surface area contributed by atoms with Gasteiger partial charge in [-0.15, -0.1) is 0 Å². The van der Waals surface area contributed by atoms with Gasteiger partial charge < -0.3 is 19.5 Å². The molecular formula is C22H21N3O4. The van der Waals surface area contributed by atoms with Gasteiger partial charge in [0.1, 0.15) is 25.6 Å². The van der Waals surface area contributed by atoms with E-state index in [2.05, 4.69) is 10.4 Å². The molecule has 3 aromatic rings. The van der Waals surface area contributed by atoms with Crippen molar-refractivity contribution in [2.75, 3.05) is 13.2 Å². The van der Waals surface area contributed by atoms with Crippen LogP contribution in [-0.4, -0.2) is 28.9 Å². The van der Waals surface area contributed by atoms with Gasteiger partial charge in [0, 0.05) is 18.2 Å². The molecule has 2 aliphatic rings. The minimum atomic E-state index is -0.229. The number of nitrogens with zero attached hydrogens (tertiary/aromatic N) is 2. The lowest BCUT2D eigenvalue weighted by molar-refractivity contribution is 0.0931. The maximum atomic E-state index is 13.0. The highest BCUT2D eigenvalue weighted by Crippen LogP contribution is 2.38. The van der Waals surface area contributed by atoms with Crippen molar-refractivity contribution in [1.82, 2.24) is 15.1 Å². The van der Waals surface area contributed by atoms with E-state index < -0.39 is 0 Å². The van der Waals surface area contributed by atoms with Crippen molar-refractivity contribution in [3.05, 3.63) is 59.3 Å². The van der Waals surface area contributed by atoms with E-state index in [9.17, 15) is 4.79 Å². The molecule has 2 aliphatic heterocycles. The molecule has 0 aliphatic carbocycles. The molecule has 5 rings (SSSR count). The number of benzene rings is 2. The first-order valence-electron chi connectivity index (χ1n) is 9.60. The molecule has 0 radical (unpaired) electrons. The zero-order valence-electron chi connectivity index (χ0n) is 16.3. The number of carbonyl (C=O) groups is 1. The number of ether oxygens (including phenoxy) is 3. The topological polar surface area (TPSA) is 74.6 Å². The Hall–Kier alpha value is -3.48. The van der Waals surface area contributed by atoms with Gasteiger partial charge in [-0.2, -0.15) is 5.10 Å². The number of nitrogens with one attached hydrogen (secondary N) is 1. The summed E-state index contributed by atoms with van der Waals surface area (Å²) < 4.78 is 18.8. The molecule has 7 nitrogen and oxygen atoms in total. The van der Waals surface area contributed by atoms with Gasteiger partial charge in [-0.1, -0.05) is 18.2 Å². The minimum absolute atomic E-state index is 0.215. The molecule has 7 heteroatoms. The Kier molecular flexibility index (Phi) is 4.16. The summed E-state index contributed by atoms with van der Waals surface area (Å²) in [4.78, 5) is 13.0. The predicted molar refractivity (Wildman–Crippen MR) is 106 cm³/mol.